The number of rotatable bonds is 2. The molecule has 2 aliphatic carbocycles. The predicted octanol–water partition coefficient (Wildman–Crippen LogP) is -1.28. The van der Waals surface area contributed by atoms with E-state index in [1.165, 1.54) is 0 Å². The zero-order valence-electron chi connectivity index (χ0n) is 7.37. The van der Waals surface area contributed by atoms with Crippen LogP contribution in [0.25, 0.3) is 0 Å². The van der Waals surface area contributed by atoms with Gasteiger partial charge in [0.1, 0.15) is 0 Å². The number of hydrogen-bond donors (Lipinski definition) is 4. The summed E-state index contributed by atoms with van der Waals surface area (Å²) in [7, 11) is 0. The van der Waals surface area contributed by atoms with E-state index < -0.39 is 18.3 Å². The number of hydrogen-bond acceptors (Lipinski definition) is 4. The van der Waals surface area contributed by atoms with Crippen molar-refractivity contribution in [2.45, 2.75) is 31.2 Å². The van der Waals surface area contributed by atoms with Gasteiger partial charge in [-0.15, -0.1) is 0 Å². The Hall–Kier alpha value is -0.160. The minimum absolute atomic E-state index is 0.0258. The van der Waals surface area contributed by atoms with Crippen molar-refractivity contribution in [2.24, 2.45) is 17.8 Å². The Morgan fingerprint density at radius 3 is 2.31 bits per heavy atom. The zero-order chi connectivity index (χ0) is 9.59. The van der Waals surface area contributed by atoms with Gasteiger partial charge in [-0.3, -0.25) is 0 Å². The Kier molecular flexibility index (Phi) is 2.32. The van der Waals surface area contributed by atoms with Crippen LogP contribution in [0, 0.1) is 17.8 Å². The van der Waals surface area contributed by atoms with E-state index >= 15 is 0 Å². The zero-order valence-corrected chi connectivity index (χ0v) is 7.37. The number of aliphatic hydroxyl groups is 4. The van der Waals surface area contributed by atoms with E-state index in [0.717, 1.165) is 12.8 Å². The molecule has 4 nitrogen and oxygen atoms in total. The van der Waals surface area contributed by atoms with Crippen molar-refractivity contribution in [2.75, 3.05) is 6.61 Å². The molecule has 6 atom stereocenters. The van der Waals surface area contributed by atoms with Crippen molar-refractivity contribution >= 4 is 0 Å². The molecule has 0 aromatic rings. The van der Waals surface area contributed by atoms with Crippen LogP contribution in [0.3, 0.4) is 0 Å². The van der Waals surface area contributed by atoms with Gasteiger partial charge in [-0.05, 0) is 30.6 Å². The molecular weight excluding hydrogens is 172 g/mol. The molecule has 0 aromatic heterocycles. The predicted molar refractivity (Wildman–Crippen MR) is 44.8 cm³/mol. The molecule has 13 heavy (non-hydrogen) atoms. The molecule has 0 spiro atoms. The monoisotopic (exact) mass is 188 g/mol. The normalized spacial score (nSPS) is 51.2. The van der Waals surface area contributed by atoms with E-state index in [9.17, 15) is 15.3 Å². The highest BCUT2D eigenvalue weighted by Gasteiger charge is 2.53. The van der Waals surface area contributed by atoms with Gasteiger partial charge in [0.05, 0.1) is 24.9 Å². The van der Waals surface area contributed by atoms with Crippen LogP contribution in [-0.2, 0) is 0 Å². The van der Waals surface area contributed by atoms with E-state index in [-0.39, 0.29) is 24.4 Å². The van der Waals surface area contributed by atoms with Gasteiger partial charge in [0.2, 0.25) is 0 Å². The van der Waals surface area contributed by atoms with Crippen LogP contribution in [0.2, 0.25) is 0 Å². The molecule has 6 unspecified atom stereocenters. The van der Waals surface area contributed by atoms with Crippen molar-refractivity contribution in [1.82, 2.24) is 0 Å². The lowest BCUT2D eigenvalue weighted by Crippen LogP contribution is -2.41. The fraction of sp³-hybridized carbons (Fsp3) is 1.00. The smallest absolute Gasteiger partial charge is 0.0833 e. The first-order valence-corrected chi connectivity index (χ1v) is 4.80. The van der Waals surface area contributed by atoms with Gasteiger partial charge in [0, 0.05) is 0 Å². The van der Waals surface area contributed by atoms with E-state index in [2.05, 4.69) is 0 Å². The summed E-state index contributed by atoms with van der Waals surface area (Å²) in [5, 5.41) is 37.2. The molecule has 76 valence electrons. The van der Waals surface area contributed by atoms with E-state index in [1.54, 1.807) is 0 Å². The van der Waals surface area contributed by atoms with Gasteiger partial charge in [-0.2, -0.15) is 0 Å². The first-order valence-electron chi connectivity index (χ1n) is 4.80. The lowest BCUT2D eigenvalue weighted by atomic mass is 9.82. The molecule has 0 amide bonds. The Balaban J connectivity index is 2.06. The van der Waals surface area contributed by atoms with Crippen LogP contribution in [0.1, 0.15) is 12.8 Å². The standard InChI is InChI=1S/C9H16O4/c10-3-7(11)5-1-4-2-6(5)9(13)8(4)12/h4-13H,1-3H2. The third-order valence-corrected chi connectivity index (χ3v) is 3.65. The van der Waals surface area contributed by atoms with Crippen molar-refractivity contribution in [3.8, 4) is 0 Å². The number of fused-ring (bicyclic) bond motifs is 2. The molecule has 2 bridgehead atoms. The third-order valence-electron chi connectivity index (χ3n) is 3.65. The van der Waals surface area contributed by atoms with Crippen LogP contribution < -0.4 is 0 Å². The molecule has 4 N–H and O–H groups in total. The quantitative estimate of drug-likeness (QED) is 0.435. The SMILES string of the molecule is OCC(O)C1CC2CC1C(O)C2O. The lowest BCUT2D eigenvalue weighted by Gasteiger charge is -2.31. The molecule has 0 saturated heterocycles. The fourth-order valence-corrected chi connectivity index (χ4v) is 2.93. The Morgan fingerprint density at radius 1 is 1.15 bits per heavy atom. The van der Waals surface area contributed by atoms with Crippen molar-refractivity contribution in [3.05, 3.63) is 0 Å². The third kappa shape index (κ3) is 1.29. The van der Waals surface area contributed by atoms with Crippen molar-refractivity contribution in [1.29, 1.82) is 0 Å². The van der Waals surface area contributed by atoms with Gasteiger partial charge < -0.3 is 20.4 Å². The van der Waals surface area contributed by atoms with Gasteiger partial charge in [0.25, 0.3) is 0 Å². The summed E-state index contributed by atoms with van der Waals surface area (Å²) in [6, 6.07) is 0. The second-order valence-corrected chi connectivity index (χ2v) is 4.29. The summed E-state index contributed by atoms with van der Waals surface area (Å²) in [5.41, 5.74) is 0. The van der Waals surface area contributed by atoms with Crippen LogP contribution in [0.5, 0.6) is 0 Å². The Labute approximate surface area is 76.8 Å². The largest absolute Gasteiger partial charge is 0.394 e. The molecule has 2 aliphatic rings. The Morgan fingerprint density at radius 2 is 1.85 bits per heavy atom. The van der Waals surface area contributed by atoms with Crippen LogP contribution in [0.15, 0.2) is 0 Å². The van der Waals surface area contributed by atoms with Gasteiger partial charge in [-0.25, -0.2) is 0 Å². The second kappa shape index (κ2) is 3.20. The highest BCUT2D eigenvalue weighted by atomic mass is 16.3. The molecule has 0 heterocycles. The van der Waals surface area contributed by atoms with Crippen molar-refractivity contribution < 1.29 is 20.4 Å². The molecule has 2 rings (SSSR count). The molecule has 4 heteroatoms. The first-order chi connectivity index (χ1) is 6.15. The molecule has 0 aromatic carbocycles. The fourth-order valence-electron chi connectivity index (χ4n) is 2.93. The van der Waals surface area contributed by atoms with Crippen molar-refractivity contribution in [3.63, 3.8) is 0 Å². The highest BCUT2D eigenvalue weighted by Crippen LogP contribution is 2.49. The first kappa shape index (κ1) is 9.40. The van der Waals surface area contributed by atoms with Gasteiger partial charge in [0.15, 0.2) is 0 Å². The summed E-state index contributed by atoms with van der Waals surface area (Å²) >= 11 is 0. The topological polar surface area (TPSA) is 80.9 Å². The molecule has 2 fully saturated rings. The number of aliphatic hydroxyl groups excluding tert-OH is 4. The summed E-state index contributed by atoms with van der Waals surface area (Å²) in [6.45, 7) is -0.253. The van der Waals surface area contributed by atoms with E-state index in [0.29, 0.717) is 0 Å². The maximum absolute atomic E-state index is 9.56. The molecular formula is C9H16O4. The Bertz CT molecular complexity index is 194. The maximum atomic E-state index is 9.56. The van der Waals surface area contributed by atoms with Gasteiger partial charge >= 0.3 is 0 Å². The van der Waals surface area contributed by atoms with E-state index in [1.807, 2.05) is 0 Å². The van der Waals surface area contributed by atoms with Crippen LogP contribution in [0.4, 0.5) is 0 Å². The van der Waals surface area contributed by atoms with Crippen LogP contribution in [-0.4, -0.2) is 45.3 Å². The summed E-state index contributed by atoms with van der Waals surface area (Å²) in [6.07, 6.45) is -0.552. The molecule has 2 saturated carbocycles. The maximum Gasteiger partial charge on any atom is 0.0833 e. The summed E-state index contributed by atoms with van der Waals surface area (Å²) in [5.74, 6) is 0.0572. The summed E-state index contributed by atoms with van der Waals surface area (Å²) < 4.78 is 0. The van der Waals surface area contributed by atoms with Crippen LogP contribution >= 0.6 is 0 Å². The molecule has 0 radical (unpaired) electrons. The van der Waals surface area contributed by atoms with Gasteiger partial charge in [-0.1, -0.05) is 0 Å². The highest BCUT2D eigenvalue weighted by molar-refractivity contribution is 5.02. The second-order valence-electron chi connectivity index (χ2n) is 4.29. The average molecular weight is 188 g/mol. The molecule has 0 aliphatic heterocycles. The summed E-state index contributed by atoms with van der Waals surface area (Å²) in [4.78, 5) is 0. The average Bonchev–Trinajstić information content (AvgIpc) is 2.67. The minimum atomic E-state index is -0.739. The minimum Gasteiger partial charge on any atom is -0.394 e. The van der Waals surface area contributed by atoms with E-state index in [4.69, 9.17) is 5.11 Å². The lowest BCUT2D eigenvalue weighted by molar-refractivity contribution is -0.0674.